The molecular formula is C18H18N2OS. The topological polar surface area (TPSA) is 37.8 Å². The minimum absolute atomic E-state index is 0.0624. The van der Waals surface area contributed by atoms with Gasteiger partial charge < -0.3 is 4.98 Å². The van der Waals surface area contributed by atoms with Crippen molar-refractivity contribution in [1.29, 1.82) is 0 Å². The van der Waals surface area contributed by atoms with E-state index >= 15 is 0 Å². The van der Waals surface area contributed by atoms with Crippen LogP contribution in [-0.4, -0.2) is 9.55 Å². The summed E-state index contributed by atoms with van der Waals surface area (Å²) in [5, 5.41) is 2.10. The Morgan fingerprint density at radius 2 is 1.73 bits per heavy atom. The molecule has 1 aromatic heterocycles. The number of hydrogen-bond donors (Lipinski definition) is 1. The Morgan fingerprint density at radius 1 is 1.05 bits per heavy atom. The molecule has 0 radical (unpaired) electrons. The first-order valence-electron chi connectivity index (χ1n) is 7.23. The molecule has 0 saturated carbocycles. The molecule has 0 fully saturated rings. The zero-order valence-electron chi connectivity index (χ0n) is 12.9. The second-order valence-corrected chi connectivity index (χ2v) is 6.78. The molecule has 0 spiro atoms. The summed E-state index contributed by atoms with van der Waals surface area (Å²) in [6.07, 6.45) is 1.73. The minimum Gasteiger partial charge on any atom is -0.338 e. The van der Waals surface area contributed by atoms with Crippen molar-refractivity contribution in [2.24, 2.45) is 0 Å². The summed E-state index contributed by atoms with van der Waals surface area (Å²) in [5.74, 6) is 0. The number of hydrogen-bond acceptors (Lipinski definition) is 2. The molecule has 0 aliphatic heterocycles. The van der Waals surface area contributed by atoms with Crippen LogP contribution in [-0.2, 0) is 5.41 Å². The normalized spacial score (nSPS) is 11.8. The first-order valence-corrected chi connectivity index (χ1v) is 7.64. The van der Waals surface area contributed by atoms with E-state index in [-0.39, 0.29) is 11.0 Å². The summed E-state index contributed by atoms with van der Waals surface area (Å²) >= 11 is 5.37. The molecule has 0 aliphatic rings. The largest absolute Gasteiger partial charge is 0.338 e. The fourth-order valence-corrected chi connectivity index (χ4v) is 2.87. The van der Waals surface area contributed by atoms with Crippen LogP contribution in [0.2, 0.25) is 0 Å². The van der Waals surface area contributed by atoms with E-state index in [4.69, 9.17) is 12.2 Å². The molecule has 2 aromatic carbocycles. The van der Waals surface area contributed by atoms with Gasteiger partial charge in [0.05, 0.1) is 5.69 Å². The van der Waals surface area contributed by atoms with Gasteiger partial charge in [-0.3, -0.25) is 9.36 Å². The van der Waals surface area contributed by atoms with E-state index < -0.39 is 0 Å². The summed E-state index contributed by atoms with van der Waals surface area (Å²) in [6.45, 7) is 6.07. The molecule has 0 atom stereocenters. The van der Waals surface area contributed by atoms with Crippen LogP contribution in [0.4, 0.5) is 0 Å². The summed E-state index contributed by atoms with van der Waals surface area (Å²) in [4.78, 5) is 16.0. The van der Waals surface area contributed by atoms with Gasteiger partial charge in [0.25, 0.3) is 5.56 Å². The SMILES string of the molecule is CC(C)(C)c1c[nH]c(=S)n(-c2cccc3ccccc23)c1=O. The van der Waals surface area contributed by atoms with E-state index in [1.807, 2.05) is 63.2 Å². The molecule has 3 aromatic rings. The van der Waals surface area contributed by atoms with Crippen LogP contribution in [0, 0.1) is 4.77 Å². The standard InChI is InChI=1S/C18H18N2OS/c1-18(2,3)14-11-19-17(22)20(16(14)21)15-10-6-8-12-7-4-5-9-13(12)15/h4-11H,1-3H3,(H,19,22). The van der Waals surface area contributed by atoms with Crippen molar-refractivity contribution in [3.05, 3.63) is 69.3 Å². The molecule has 4 heteroatoms. The molecular weight excluding hydrogens is 292 g/mol. The van der Waals surface area contributed by atoms with Crippen molar-refractivity contribution in [3.8, 4) is 5.69 Å². The third-order valence-corrected chi connectivity index (χ3v) is 4.09. The van der Waals surface area contributed by atoms with Crippen LogP contribution in [0.3, 0.4) is 0 Å². The summed E-state index contributed by atoms with van der Waals surface area (Å²) in [6, 6.07) is 13.9. The highest BCUT2D eigenvalue weighted by atomic mass is 32.1. The second kappa shape index (κ2) is 5.21. The van der Waals surface area contributed by atoms with Crippen LogP contribution < -0.4 is 5.56 Å². The van der Waals surface area contributed by atoms with Crippen molar-refractivity contribution in [2.75, 3.05) is 0 Å². The van der Waals surface area contributed by atoms with Gasteiger partial charge in [0.1, 0.15) is 0 Å². The number of H-pyrrole nitrogens is 1. The Balaban J connectivity index is 2.42. The number of nitrogens with one attached hydrogen (secondary N) is 1. The van der Waals surface area contributed by atoms with Crippen LogP contribution >= 0.6 is 12.2 Å². The number of fused-ring (bicyclic) bond motifs is 1. The third-order valence-electron chi connectivity index (χ3n) is 3.79. The number of nitrogens with zero attached hydrogens (tertiary/aromatic N) is 1. The molecule has 0 amide bonds. The fourth-order valence-electron chi connectivity index (χ4n) is 2.63. The summed E-state index contributed by atoms with van der Waals surface area (Å²) < 4.78 is 2.01. The first-order chi connectivity index (χ1) is 10.4. The molecule has 0 unspecified atom stereocenters. The molecule has 0 aliphatic carbocycles. The van der Waals surface area contributed by atoms with Gasteiger partial charge >= 0.3 is 0 Å². The van der Waals surface area contributed by atoms with E-state index in [2.05, 4.69) is 4.98 Å². The molecule has 0 bridgehead atoms. The van der Waals surface area contributed by atoms with Crippen molar-refractivity contribution < 1.29 is 0 Å². The number of aromatic nitrogens is 2. The quantitative estimate of drug-likeness (QED) is 0.679. The van der Waals surface area contributed by atoms with Crippen LogP contribution in [0.15, 0.2) is 53.5 Å². The van der Waals surface area contributed by atoms with Crippen molar-refractivity contribution >= 4 is 23.0 Å². The van der Waals surface area contributed by atoms with E-state index in [0.29, 0.717) is 10.3 Å². The predicted molar refractivity (Wildman–Crippen MR) is 93.4 cm³/mol. The van der Waals surface area contributed by atoms with Gasteiger partial charge in [-0.1, -0.05) is 57.2 Å². The molecule has 3 rings (SSSR count). The highest BCUT2D eigenvalue weighted by Crippen LogP contribution is 2.23. The number of aromatic amines is 1. The maximum Gasteiger partial charge on any atom is 0.262 e. The number of benzene rings is 2. The lowest BCUT2D eigenvalue weighted by molar-refractivity contribution is 0.572. The number of rotatable bonds is 1. The van der Waals surface area contributed by atoms with Crippen molar-refractivity contribution in [3.63, 3.8) is 0 Å². The van der Waals surface area contributed by atoms with E-state index in [1.54, 1.807) is 10.8 Å². The Kier molecular flexibility index (Phi) is 3.49. The second-order valence-electron chi connectivity index (χ2n) is 6.40. The van der Waals surface area contributed by atoms with Gasteiger partial charge in [0.2, 0.25) is 0 Å². The zero-order chi connectivity index (χ0) is 15.9. The maximum atomic E-state index is 13.0. The average Bonchev–Trinajstić information content (AvgIpc) is 2.46. The average molecular weight is 310 g/mol. The van der Waals surface area contributed by atoms with Gasteiger partial charge in [0, 0.05) is 17.1 Å². The van der Waals surface area contributed by atoms with Crippen LogP contribution in [0.25, 0.3) is 16.5 Å². The Bertz CT molecular complexity index is 956. The van der Waals surface area contributed by atoms with Crippen molar-refractivity contribution in [1.82, 2.24) is 9.55 Å². The molecule has 1 heterocycles. The third kappa shape index (κ3) is 2.40. The van der Waals surface area contributed by atoms with Crippen LogP contribution in [0.5, 0.6) is 0 Å². The first kappa shape index (κ1) is 14.7. The van der Waals surface area contributed by atoms with E-state index in [1.165, 1.54) is 0 Å². The highest BCUT2D eigenvalue weighted by molar-refractivity contribution is 7.71. The lowest BCUT2D eigenvalue weighted by Crippen LogP contribution is -2.30. The van der Waals surface area contributed by atoms with Gasteiger partial charge in [-0.25, -0.2) is 0 Å². The Labute approximate surface area is 134 Å². The molecule has 1 N–H and O–H groups in total. The lowest BCUT2D eigenvalue weighted by atomic mass is 9.89. The predicted octanol–water partition coefficient (Wildman–Crippen LogP) is 4.35. The zero-order valence-corrected chi connectivity index (χ0v) is 13.7. The maximum absolute atomic E-state index is 13.0. The smallest absolute Gasteiger partial charge is 0.262 e. The van der Waals surface area contributed by atoms with Gasteiger partial charge in [-0.05, 0) is 29.1 Å². The Hall–Kier alpha value is -2.20. The summed E-state index contributed by atoms with van der Waals surface area (Å²) in [5.41, 5.74) is 1.22. The van der Waals surface area contributed by atoms with Gasteiger partial charge in [-0.15, -0.1) is 0 Å². The minimum atomic E-state index is -0.247. The van der Waals surface area contributed by atoms with Crippen molar-refractivity contribution in [2.45, 2.75) is 26.2 Å². The lowest BCUT2D eigenvalue weighted by Gasteiger charge is -2.19. The monoisotopic (exact) mass is 310 g/mol. The van der Waals surface area contributed by atoms with Crippen LogP contribution in [0.1, 0.15) is 26.3 Å². The van der Waals surface area contributed by atoms with E-state index in [0.717, 1.165) is 16.5 Å². The fraction of sp³-hybridized carbons (Fsp3) is 0.222. The van der Waals surface area contributed by atoms with E-state index in [9.17, 15) is 4.79 Å². The molecule has 22 heavy (non-hydrogen) atoms. The molecule has 112 valence electrons. The summed E-state index contributed by atoms with van der Waals surface area (Å²) in [7, 11) is 0. The highest BCUT2D eigenvalue weighted by Gasteiger charge is 2.20. The molecule has 0 saturated heterocycles. The molecule has 3 nitrogen and oxygen atoms in total. The van der Waals surface area contributed by atoms with Gasteiger partial charge in [0.15, 0.2) is 4.77 Å². The Morgan fingerprint density at radius 3 is 2.45 bits per heavy atom. The van der Waals surface area contributed by atoms with Gasteiger partial charge in [-0.2, -0.15) is 0 Å².